The van der Waals surface area contributed by atoms with Crippen molar-refractivity contribution < 1.29 is 13.9 Å². The Balaban J connectivity index is 1.59. The monoisotopic (exact) mass is 380 g/mol. The molecule has 0 amide bonds. The molecule has 0 fully saturated rings. The lowest BCUT2D eigenvalue weighted by molar-refractivity contribution is 0.0462. The molecule has 7 heteroatoms. The Labute approximate surface area is 157 Å². The number of esters is 1. The first-order chi connectivity index (χ1) is 13.1. The highest BCUT2D eigenvalue weighted by atomic mass is 32.1. The number of aromatic amines is 1. The number of halogens is 1. The van der Waals surface area contributed by atoms with Gasteiger partial charge in [0.1, 0.15) is 23.1 Å². The second-order valence-corrected chi connectivity index (χ2v) is 6.65. The zero-order valence-electron chi connectivity index (χ0n) is 13.9. The number of carbonyl (C=O) groups excluding carboxylic acids is 1. The number of fused-ring (bicyclic) bond motifs is 1. The van der Waals surface area contributed by atoms with Crippen LogP contribution >= 0.6 is 11.3 Å². The lowest BCUT2D eigenvalue weighted by atomic mass is 10.1. The minimum Gasteiger partial charge on any atom is -0.454 e. The molecular formula is C20H13FN2O3S. The van der Waals surface area contributed by atoms with Crippen molar-refractivity contribution in [1.82, 2.24) is 9.97 Å². The van der Waals surface area contributed by atoms with Crippen molar-refractivity contribution in [2.75, 3.05) is 0 Å². The van der Waals surface area contributed by atoms with Gasteiger partial charge in [-0.2, -0.15) is 0 Å². The molecule has 4 aromatic rings. The van der Waals surface area contributed by atoms with Crippen molar-refractivity contribution >= 4 is 27.5 Å². The summed E-state index contributed by atoms with van der Waals surface area (Å²) in [5.74, 6) is -0.975. The number of nitrogens with zero attached hydrogens (tertiary/aromatic N) is 1. The standard InChI is InChI=1S/C20H13FN2O3S/c21-14-8-4-7-13(9-14)20(25)26-10-16-22-18(24)17-15(11-27-19(17)23-16)12-5-2-1-3-6-12/h1-9,11H,10H2,(H,22,23,24). The van der Waals surface area contributed by atoms with Crippen LogP contribution in [0, 0.1) is 5.82 Å². The van der Waals surface area contributed by atoms with Gasteiger partial charge >= 0.3 is 5.97 Å². The number of carbonyl (C=O) groups is 1. The number of H-pyrrole nitrogens is 1. The smallest absolute Gasteiger partial charge is 0.338 e. The molecule has 0 saturated heterocycles. The zero-order chi connectivity index (χ0) is 18.8. The average molecular weight is 380 g/mol. The van der Waals surface area contributed by atoms with E-state index >= 15 is 0 Å². The van der Waals surface area contributed by atoms with Crippen LogP contribution in [0.1, 0.15) is 16.2 Å². The van der Waals surface area contributed by atoms with Crippen molar-refractivity contribution in [3.63, 3.8) is 0 Å². The van der Waals surface area contributed by atoms with Crippen LogP contribution in [0.4, 0.5) is 4.39 Å². The van der Waals surface area contributed by atoms with Gasteiger partial charge in [0.05, 0.1) is 10.9 Å². The molecule has 2 aromatic carbocycles. The van der Waals surface area contributed by atoms with Crippen molar-refractivity contribution in [3.05, 3.63) is 87.5 Å². The maximum Gasteiger partial charge on any atom is 0.338 e. The van der Waals surface area contributed by atoms with Crippen LogP contribution in [0.15, 0.2) is 64.8 Å². The summed E-state index contributed by atoms with van der Waals surface area (Å²) in [6.07, 6.45) is 0. The highest BCUT2D eigenvalue weighted by molar-refractivity contribution is 7.17. The third kappa shape index (κ3) is 3.50. The van der Waals surface area contributed by atoms with Gasteiger partial charge in [0.25, 0.3) is 5.56 Å². The number of rotatable bonds is 4. The third-order valence-corrected chi connectivity index (χ3v) is 4.85. The van der Waals surface area contributed by atoms with E-state index in [0.717, 1.165) is 17.2 Å². The van der Waals surface area contributed by atoms with E-state index < -0.39 is 11.8 Å². The molecule has 4 rings (SSSR count). The summed E-state index contributed by atoms with van der Waals surface area (Å²) in [4.78, 5) is 32.1. The Morgan fingerprint density at radius 2 is 1.96 bits per heavy atom. The zero-order valence-corrected chi connectivity index (χ0v) is 14.8. The fourth-order valence-electron chi connectivity index (χ4n) is 2.72. The first kappa shape index (κ1) is 17.1. The minimum absolute atomic E-state index is 0.0981. The molecule has 0 bridgehead atoms. The number of ether oxygens (including phenoxy) is 1. The lowest BCUT2D eigenvalue weighted by Crippen LogP contribution is -2.14. The third-order valence-electron chi connectivity index (χ3n) is 3.98. The van der Waals surface area contributed by atoms with Gasteiger partial charge in [0.2, 0.25) is 0 Å². The second-order valence-electron chi connectivity index (χ2n) is 5.79. The Hall–Kier alpha value is -3.32. The van der Waals surface area contributed by atoms with Gasteiger partial charge in [0, 0.05) is 10.9 Å². The van der Waals surface area contributed by atoms with E-state index in [1.807, 2.05) is 35.7 Å². The van der Waals surface area contributed by atoms with Crippen molar-refractivity contribution in [2.45, 2.75) is 6.61 Å². The van der Waals surface area contributed by atoms with Crippen molar-refractivity contribution in [1.29, 1.82) is 0 Å². The molecular weight excluding hydrogens is 367 g/mol. The number of thiophene rings is 1. The van der Waals surface area contributed by atoms with E-state index in [2.05, 4.69) is 9.97 Å². The van der Waals surface area contributed by atoms with Crippen LogP contribution in [0.5, 0.6) is 0 Å². The number of hydrogen-bond acceptors (Lipinski definition) is 5. The minimum atomic E-state index is -0.687. The molecule has 0 spiro atoms. The molecule has 0 unspecified atom stereocenters. The molecule has 0 aliphatic carbocycles. The van der Waals surface area contributed by atoms with E-state index in [4.69, 9.17) is 4.74 Å². The van der Waals surface area contributed by atoms with Crippen LogP contribution in [0.2, 0.25) is 0 Å². The van der Waals surface area contributed by atoms with Gasteiger partial charge in [0.15, 0.2) is 0 Å². The first-order valence-corrected chi connectivity index (χ1v) is 8.98. The van der Waals surface area contributed by atoms with Gasteiger partial charge < -0.3 is 9.72 Å². The van der Waals surface area contributed by atoms with Crippen LogP contribution in [0.3, 0.4) is 0 Å². The Kier molecular flexibility index (Phi) is 4.52. The molecule has 2 aromatic heterocycles. The lowest BCUT2D eigenvalue weighted by Gasteiger charge is -2.05. The van der Waals surface area contributed by atoms with Gasteiger partial charge in [-0.1, -0.05) is 36.4 Å². The molecule has 0 atom stereocenters. The highest BCUT2D eigenvalue weighted by Crippen LogP contribution is 2.30. The van der Waals surface area contributed by atoms with E-state index in [1.165, 1.54) is 29.5 Å². The number of benzene rings is 2. The Morgan fingerprint density at radius 1 is 1.15 bits per heavy atom. The molecule has 134 valence electrons. The summed E-state index contributed by atoms with van der Waals surface area (Å²) >= 11 is 1.35. The van der Waals surface area contributed by atoms with Gasteiger partial charge in [-0.15, -0.1) is 11.3 Å². The number of aromatic nitrogens is 2. The highest BCUT2D eigenvalue weighted by Gasteiger charge is 2.14. The van der Waals surface area contributed by atoms with Crippen molar-refractivity contribution in [2.24, 2.45) is 0 Å². The summed E-state index contributed by atoms with van der Waals surface area (Å²) in [5, 5.41) is 2.39. The fourth-order valence-corrected chi connectivity index (χ4v) is 3.69. The largest absolute Gasteiger partial charge is 0.454 e. The number of hydrogen-bond donors (Lipinski definition) is 1. The fraction of sp³-hybridized carbons (Fsp3) is 0.0500. The quantitative estimate of drug-likeness (QED) is 0.540. The summed E-state index contributed by atoms with van der Waals surface area (Å²) in [7, 11) is 0. The summed E-state index contributed by atoms with van der Waals surface area (Å²) < 4.78 is 18.3. The second kappa shape index (κ2) is 7.13. The van der Waals surface area contributed by atoms with Crippen molar-refractivity contribution in [3.8, 4) is 11.1 Å². The predicted octanol–water partition coefficient (Wildman–Crippen LogP) is 4.15. The van der Waals surface area contributed by atoms with Crippen LogP contribution in [0.25, 0.3) is 21.3 Å². The molecule has 2 heterocycles. The molecule has 5 nitrogen and oxygen atoms in total. The molecule has 0 aliphatic rings. The number of nitrogens with one attached hydrogen (secondary N) is 1. The predicted molar refractivity (Wildman–Crippen MR) is 101 cm³/mol. The summed E-state index contributed by atoms with van der Waals surface area (Å²) in [6, 6.07) is 14.8. The molecule has 0 saturated carbocycles. The molecule has 0 aliphatic heterocycles. The molecule has 1 N–H and O–H groups in total. The van der Waals surface area contributed by atoms with Gasteiger partial charge in [-0.25, -0.2) is 14.2 Å². The van der Waals surface area contributed by atoms with E-state index in [-0.39, 0.29) is 23.6 Å². The summed E-state index contributed by atoms with van der Waals surface area (Å²) in [5.41, 5.74) is 1.55. The Morgan fingerprint density at radius 3 is 2.74 bits per heavy atom. The normalized spacial score (nSPS) is 10.9. The van der Waals surface area contributed by atoms with Crippen LogP contribution in [-0.4, -0.2) is 15.9 Å². The van der Waals surface area contributed by atoms with E-state index in [1.54, 1.807) is 0 Å². The van der Waals surface area contributed by atoms with E-state index in [9.17, 15) is 14.0 Å². The molecule has 0 radical (unpaired) electrons. The maximum absolute atomic E-state index is 13.2. The first-order valence-electron chi connectivity index (χ1n) is 8.10. The summed E-state index contributed by atoms with van der Waals surface area (Å²) in [6.45, 7) is -0.209. The average Bonchev–Trinajstić information content (AvgIpc) is 3.11. The maximum atomic E-state index is 13.2. The topological polar surface area (TPSA) is 72.0 Å². The molecule has 27 heavy (non-hydrogen) atoms. The van der Waals surface area contributed by atoms with Gasteiger partial charge in [-0.3, -0.25) is 4.79 Å². The van der Waals surface area contributed by atoms with Crippen LogP contribution in [-0.2, 0) is 11.3 Å². The van der Waals surface area contributed by atoms with E-state index in [0.29, 0.717) is 10.2 Å². The van der Waals surface area contributed by atoms with Crippen LogP contribution < -0.4 is 5.56 Å². The Bertz CT molecular complexity index is 1180. The SMILES string of the molecule is O=C(OCc1nc2scc(-c3ccccc3)c2c(=O)[nH]1)c1cccc(F)c1. The van der Waals surface area contributed by atoms with Gasteiger partial charge in [-0.05, 0) is 23.8 Å².